The number of anilines is 1. The van der Waals surface area contributed by atoms with E-state index >= 15 is 0 Å². The average Bonchev–Trinajstić information content (AvgIpc) is 3.29. The molecule has 0 aliphatic carbocycles. The van der Waals surface area contributed by atoms with Gasteiger partial charge in [-0.3, -0.25) is 4.98 Å². The first-order chi connectivity index (χ1) is 16.0. The molecule has 3 aromatic heterocycles. The lowest BCUT2D eigenvalue weighted by atomic mass is 10.1. The molecule has 0 bridgehead atoms. The number of para-hydroxylation sites is 1. The summed E-state index contributed by atoms with van der Waals surface area (Å²) in [5.41, 5.74) is 3.72. The number of rotatable bonds is 4. The molecule has 3 heterocycles. The number of pyridine rings is 1. The van der Waals surface area contributed by atoms with Crippen molar-refractivity contribution in [3.8, 4) is 17.3 Å². The molecule has 33 heavy (non-hydrogen) atoms. The zero-order chi connectivity index (χ0) is 22.9. The van der Waals surface area contributed by atoms with Gasteiger partial charge in [0.1, 0.15) is 22.2 Å². The molecular weight excluding hydrogens is 500 g/mol. The lowest BCUT2D eigenvalue weighted by Crippen LogP contribution is -2.03. The van der Waals surface area contributed by atoms with E-state index in [9.17, 15) is 10.1 Å². The minimum atomic E-state index is -0.473. The maximum absolute atomic E-state index is 12.5. The molecular formula is C25H15BrN4O2S. The van der Waals surface area contributed by atoms with Crippen molar-refractivity contribution >= 4 is 60.4 Å². The van der Waals surface area contributed by atoms with Crippen molar-refractivity contribution in [2.45, 2.75) is 6.92 Å². The highest BCUT2D eigenvalue weighted by Crippen LogP contribution is 2.28. The second kappa shape index (κ2) is 8.62. The molecule has 0 spiro atoms. The van der Waals surface area contributed by atoms with Crippen molar-refractivity contribution in [3.63, 3.8) is 0 Å². The second-order valence-corrected chi connectivity index (χ2v) is 9.09. The lowest BCUT2D eigenvalue weighted by molar-refractivity contribution is 0.563. The number of nitriles is 1. The summed E-state index contributed by atoms with van der Waals surface area (Å²) in [6.07, 6.45) is 1.61. The Morgan fingerprint density at radius 2 is 2.03 bits per heavy atom. The number of aromatic nitrogens is 2. The smallest absolute Gasteiger partial charge is 0.345 e. The van der Waals surface area contributed by atoms with Crippen LogP contribution in [0.3, 0.4) is 0 Å². The van der Waals surface area contributed by atoms with Crippen LogP contribution in [0, 0.1) is 18.3 Å². The molecule has 0 saturated heterocycles. The molecule has 160 valence electrons. The third-order valence-electron chi connectivity index (χ3n) is 5.06. The molecule has 0 radical (unpaired) electrons. The Kier molecular flexibility index (Phi) is 5.50. The number of benzene rings is 2. The first kappa shape index (κ1) is 21.1. The van der Waals surface area contributed by atoms with Gasteiger partial charge in [-0.1, -0.05) is 34.1 Å². The van der Waals surface area contributed by atoms with Gasteiger partial charge in [-0.25, -0.2) is 9.78 Å². The maximum Gasteiger partial charge on any atom is 0.345 e. The van der Waals surface area contributed by atoms with E-state index in [2.05, 4.69) is 37.3 Å². The van der Waals surface area contributed by atoms with Crippen LogP contribution < -0.4 is 10.9 Å². The van der Waals surface area contributed by atoms with E-state index < -0.39 is 5.63 Å². The van der Waals surface area contributed by atoms with E-state index in [1.165, 1.54) is 11.3 Å². The van der Waals surface area contributed by atoms with Crippen LogP contribution in [0.15, 0.2) is 79.9 Å². The number of nitrogens with zero attached hydrogens (tertiary/aromatic N) is 3. The molecule has 0 amide bonds. The quantitative estimate of drug-likeness (QED) is 0.217. The third-order valence-corrected chi connectivity index (χ3v) is 6.43. The molecule has 0 saturated carbocycles. The number of nitrogens with one attached hydrogen (secondary N) is 1. The van der Waals surface area contributed by atoms with Crippen molar-refractivity contribution in [2.75, 3.05) is 5.32 Å². The van der Waals surface area contributed by atoms with Crippen LogP contribution in [-0.4, -0.2) is 9.97 Å². The van der Waals surface area contributed by atoms with Crippen LogP contribution in [-0.2, 0) is 0 Å². The molecule has 5 aromatic rings. The van der Waals surface area contributed by atoms with Crippen molar-refractivity contribution in [2.24, 2.45) is 0 Å². The van der Waals surface area contributed by atoms with E-state index in [1.807, 2.05) is 49.4 Å². The fraction of sp³-hybridized carbons (Fsp3) is 0.0400. The first-order valence-corrected chi connectivity index (χ1v) is 11.6. The highest BCUT2D eigenvalue weighted by Gasteiger charge is 2.14. The minimum Gasteiger partial charge on any atom is -0.422 e. The third kappa shape index (κ3) is 4.16. The molecule has 5 rings (SSSR count). The minimum absolute atomic E-state index is 0.349. The molecule has 0 atom stereocenters. The van der Waals surface area contributed by atoms with Gasteiger partial charge in [-0.2, -0.15) is 5.26 Å². The zero-order valence-electron chi connectivity index (χ0n) is 17.3. The number of halogens is 1. The standard InChI is InChI=1S/C25H15BrN4O2S/c1-14-5-6-15-3-2-4-20(23(15)29-14)28-12-17(11-27)24-30-21(13-33-24)19-10-16-9-18(26)7-8-22(16)32-25(19)31/h2-10,12-13,28H,1H3/b17-12+. The molecule has 0 unspecified atom stereocenters. The molecule has 0 aliphatic heterocycles. The molecule has 0 aliphatic rings. The van der Waals surface area contributed by atoms with Gasteiger partial charge in [0.2, 0.25) is 0 Å². The molecule has 0 fully saturated rings. The molecule has 6 nitrogen and oxygen atoms in total. The SMILES string of the molecule is Cc1ccc2cccc(N/C=C(\C#N)c3nc(-c4cc5cc(Br)ccc5oc4=O)cs3)c2n1. The van der Waals surface area contributed by atoms with Gasteiger partial charge in [0.05, 0.1) is 22.5 Å². The highest BCUT2D eigenvalue weighted by molar-refractivity contribution is 9.10. The molecule has 8 heteroatoms. The summed E-state index contributed by atoms with van der Waals surface area (Å²) in [7, 11) is 0. The van der Waals surface area contributed by atoms with Gasteiger partial charge in [0, 0.05) is 32.5 Å². The van der Waals surface area contributed by atoms with Gasteiger partial charge in [-0.15, -0.1) is 11.3 Å². The number of allylic oxidation sites excluding steroid dienone is 1. The Hall–Kier alpha value is -3.80. The van der Waals surface area contributed by atoms with Crippen LogP contribution in [0.4, 0.5) is 5.69 Å². The van der Waals surface area contributed by atoms with Crippen molar-refractivity contribution in [3.05, 3.63) is 91.8 Å². The van der Waals surface area contributed by atoms with Crippen molar-refractivity contribution < 1.29 is 4.42 Å². The van der Waals surface area contributed by atoms with Gasteiger partial charge in [0.25, 0.3) is 0 Å². The number of hydrogen-bond acceptors (Lipinski definition) is 7. The summed E-state index contributed by atoms with van der Waals surface area (Å²) in [5, 5.41) is 17.0. The van der Waals surface area contributed by atoms with Gasteiger partial charge >= 0.3 is 5.63 Å². The van der Waals surface area contributed by atoms with Crippen LogP contribution >= 0.6 is 27.3 Å². The second-order valence-electron chi connectivity index (χ2n) is 7.31. The summed E-state index contributed by atoms with van der Waals surface area (Å²) in [6.45, 7) is 1.94. The van der Waals surface area contributed by atoms with Crippen LogP contribution in [0.5, 0.6) is 0 Å². The van der Waals surface area contributed by atoms with Gasteiger partial charge < -0.3 is 9.73 Å². The fourth-order valence-corrected chi connectivity index (χ4v) is 4.61. The predicted octanol–water partition coefficient (Wildman–Crippen LogP) is 6.51. The Morgan fingerprint density at radius 1 is 1.15 bits per heavy atom. The Labute approximate surface area is 201 Å². The highest BCUT2D eigenvalue weighted by atomic mass is 79.9. The monoisotopic (exact) mass is 514 g/mol. The largest absolute Gasteiger partial charge is 0.422 e. The average molecular weight is 515 g/mol. The Morgan fingerprint density at radius 3 is 2.88 bits per heavy atom. The fourth-order valence-electron chi connectivity index (χ4n) is 3.45. The van der Waals surface area contributed by atoms with Gasteiger partial charge in [-0.05, 0) is 43.3 Å². The summed E-state index contributed by atoms with van der Waals surface area (Å²) in [5.74, 6) is 0. The first-order valence-electron chi connectivity index (χ1n) is 9.95. The van der Waals surface area contributed by atoms with E-state index in [1.54, 1.807) is 23.7 Å². The summed E-state index contributed by atoms with van der Waals surface area (Å²) >= 11 is 4.72. The van der Waals surface area contributed by atoms with E-state index in [4.69, 9.17) is 4.42 Å². The number of fused-ring (bicyclic) bond motifs is 2. The Bertz CT molecular complexity index is 1660. The van der Waals surface area contributed by atoms with Crippen molar-refractivity contribution in [1.82, 2.24) is 9.97 Å². The predicted molar refractivity (Wildman–Crippen MR) is 135 cm³/mol. The van der Waals surface area contributed by atoms with E-state index in [0.29, 0.717) is 27.4 Å². The lowest BCUT2D eigenvalue weighted by Gasteiger charge is -2.06. The number of hydrogen-bond donors (Lipinski definition) is 1. The maximum atomic E-state index is 12.5. The van der Waals surface area contributed by atoms with Crippen LogP contribution in [0.25, 0.3) is 38.7 Å². The Balaban J connectivity index is 1.49. The number of aryl methyl sites for hydroxylation is 1. The van der Waals surface area contributed by atoms with Crippen LogP contribution in [0.1, 0.15) is 10.7 Å². The topological polar surface area (TPSA) is 91.8 Å². The van der Waals surface area contributed by atoms with Gasteiger partial charge in [0.15, 0.2) is 0 Å². The van der Waals surface area contributed by atoms with E-state index in [0.717, 1.165) is 32.1 Å². The van der Waals surface area contributed by atoms with Crippen LogP contribution in [0.2, 0.25) is 0 Å². The normalized spacial score (nSPS) is 11.6. The van der Waals surface area contributed by atoms with E-state index in [-0.39, 0.29) is 0 Å². The molecule has 1 N–H and O–H groups in total. The summed E-state index contributed by atoms with van der Waals surface area (Å²) < 4.78 is 6.33. The van der Waals surface area contributed by atoms with Crippen molar-refractivity contribution in [1.29, 1.82) is 5.26 Å². The summed E-state index contributed by atoms with van der Waals surface area (Å²) in [6, 6.07) is 19.2. The number of thiazole rings is 1. The molecule has 2 aromatic carbocycles. The summed E-state index contributed by atoms with van der Waals surface area (Å²) in [4.78, 5) is 21.6. The zero-order valence-corrected chi connectivity index (χ0v) is 19.7.